The summed E-state index contributed by atoms with van der Waals surface area (Å²) in [6.45, 7) is 3.92. The van der Waals surface area contributed by atoms with Crippen LogP contribution in [0.15, 0.2) is 28.7 Å². The van der Waals surface area contributed by atoms with Crippen molar-refractivity contribution in [3.05, 3.63) is 34.3 Å². The van der Waals surface area contributed by atoms with Gasteiger partial charge >= 0.3 is 5.97 Å². The van der Waals surface area contributed by atoms with Crippen molar-refractivity contribution in [2.75, 3.05) is 0 Å². The maximum atomic E-state index is 11.2. The molecule has 0 amide bonds. The Morgan fingerprint density at radius 2 is 2.00 bits per heavy atom. The molecule has 1 aliphatic rings. The van der Waals surface area contributed by atoms with Crippen molar-refractivity contribution in [3.8, 4) is 0 Å². The molecule has 1 heterocycles. The number of benzene rings is 1. The first-order chi connectivity index (χ1) is 7.90. The van der Waals surface area contributed by atoms with E-state index in [0.717, 1.165) is 10.0 Å². The molecule has 1 aliphatic heterocycles. The molecule has 1 aromatic rings. The number of carboxylic acid groups (broad SMARTS) is 1. The highest BCUT2D eigenvalue weighted by Gasteiger charge is 2.45. The summed E-state index contributed by atoms with van der Waals surface area (Å²) in [4.78, 5) is 11.2. The fourth-order valence-electron chi connectivity index (χ4n) is 1.93. The number of rotatable bonds is 2. The van der Waals surface area contributed by atoms with Gasteiger partial charge in [0.05, 0.1) is 5.37 Å². The van der Waals surface area contributed by atoms with Gasteiger partial charge in [0.1, 0.15) is 6.04 Å². The molecule has 0 radical (unpaired) electrons. The lowest BCUT2D eigenvalue weighted by Crippen LogP contribution is -2.43. The molecule has 2 N–H and O–H groups in total. The van der Waals surface area contributed by atoms with Crippen LogP contribution >= 0.6 is 27.7 Å². The molecule has 2 rings (SSSR count). The largest absolute Gasteiger partial charge is 0.480 e. The Bertz CT molecular complexity index is 433. The molecule has 0 unspecified atom stereocenters. The smallest absolute Gasteiger partial charge is 0.322 e. The molecule has 0 aliphatic carbocycles. The molecule has 5 heteroatoms. The zero-order chi connectivity index (χ0) is 12.6. The Balaban J connectivity index is 2.21. The van der Waals surface area contributed by atoms with E-state index >= 15 is 0 Å². The summed E-state index contributed by atoms with van der Waals surface area (Å²) < 4.78 is 0.724. The van der Waals surface area contributed by atoms with Crippen molar-refractivity contribution in [3.63, 3.8) is 0 Å². The molecule has 17 heavy (non-hydrogen) atoms. The van der Waals surface area contributed by atoms with Crippen LogP contribution in [0.4, 0.5) is 0 Å². The molecule has 1 aromatic carbocycles. The molecule has 1 saturated heterocycles. The van der Waals surface area contributed by atoms with Gasteiger partial charge in [-0.1, -0.05) is 28.1 Å². The molecule has 3 nitrogen and oxygen atoms in total. The Hall–Kier alpha value is -0.520. The van der Waals surface area contributed by atoms with E-state index in [-0.39, 0.29) is 10.1 Å². The first-order valence-corrected chi connectivity index (χ1v) is 6.99. The fraction of sp³-hybridized carbons (Fsp3) is 0.417. The first kappa shape index (κ1) is 12.9. The van der Waals surface area contributed by atoms with Gasteiger partial charge in [0.15, 0.2) is 0 Å². The van der Waals surface area contributed by atoms with E-state index in [4.69, 9.17) is 0 Å². The second kappa shape index (κ2) is 4.63. The summed E-state index contributed by atoms with van der Waals surface area (Å²) in [5.41, 5.74) is 1.11. The van der Waals surface area contributed by atoms with Gasteiger partial charge in [-0.05, 0) is 31.5 Å². The molecular weight excluding hydrogens is 302 g/mol. The van der Waals surface area contributed by atoms with Crippen LogP contribution in [0.2, 0.25) is 0 Å². The summed E-state index contributed by atoms with van der Waals surface area (Å²) in [5, 5.41) is 12.4. The number of hydrogen-bond donors (Lipinski definition) is 2. The van der Waals surface area contributed by atoms with Crippen molar-refractivity contribution in [2.45, 2.75) is 30.0 Å². The number of carboxylic acids is 1. The average Bonchev–Trinajstić information content (AvgIpc) is 2.55. The highest BCUT2D eigenvalue weighted by molar-refractivity contribution is 9.10. The molecule has 0 aromatic heterocycles. The van der Waals surface area contributed by atoms with Gasteiger partial charge in [-0.2, -0.15) is 0 Å². The predicted molar refractivity (Wildman–Crippen MR) is 73.1 cm³/mol. The zero-order valence-electron chi connectivity index (χ0n) is 9.61. The Kier molecular flexibility index (Phi) is 3.52. The molecule has 0 spiro atoms. The van der Waals surface area contributed by atoms with Gasteiger partial charge in [0.2, 0.25) is 0 Å². The third-order valence-corrected chi connectivity index (χ3v) is 4.87. The lowest BCUT2D eigenvalue weighted by atomic mass is 10.0. The van der Waals surface area contributed by atoms with Crippen LogP contribution in [-0.2, 0) is 4.79 Å². The SMILES string of the molecule is CC1(C)S[C@@H](c2ccc(Br)cc2)N[C@@H]1C(=O)O. The monoisotopic (exact) mass is 315 g/mol. The van der Waals surface area contributed by atoms with Gasteiger partial charge in [0, 0.05) is 9.22 Å². The molecule has 2 atom stereocenters. The molecule has 0 bridgehead atoms. The van der Waals surface area contributed by atoms with Crippen LogP contribution in [0.3, 0.4) is 0 Å². The minimum atomic E-state index is -0.790. The van der Waals surface area contributed by atoms with E-state index in [0.29, 0.717) is 0 Å². The van der Waals surface area contributed by atoms with Crippen LogP contribution in [0.5, 0.6) is 0 Å². The van der Waals surface area contributed by atoms with E-state index in [2.05, 4.69) is 21.2 Å². The van der Waals surface area contributed by atoms with Gasteiger partial charge < -0.3 is 5.11 Å². The van der Waals surface area contributed by atoms with Gasteiger partial charge in [0.25, 0.3) is 0 Å². The third-order valence-electron chi connectivity index (χ3n) is 2.85. The van der Waals surface area contributed by atoms with Gasteiger partial charge in [-0.25, -0.2) is 0 Å². The third kappa shape index (κ3) is 2.67. The highest BCUT2D eigenvalue weighted by atomic mass is 79.9. The summed E-state index contributed by atoms with van der Waals surface area (Å²) in [6.07, 6.45) is 0. The topological polar surface area (TPSA) is 49.3 Å². The molecular formula is C12H14BrNO2S. The van der Waals surface area contributed by atoms with Gasteiger partial charge in [-0.15, -0.1) is 11.8 Å². The second-order valence-electron chi connectivity index (χ2n) is 4.59. The van der Waals surface area contributed by atoms with Crippen LogP contribution in [-0.4, -0.2) is 21.9 Å². The number of halogens is 1. The number of carbonyl (C=O) groups is 1. The highest BCUT2D eigenvalue weighted by Crippen LogP contribution is 2.45. The quantitative estimate of drug-likeness (QED) is 0.880. The Labute approximate surface area is 113 Å². The maximum Gasteiger partial charge on any atom is 0.322 e. The first-order valence-electron chi connectivity index (χ1n) is 5.32. The van der Waals surface area contributed by atoms with Crippen molar-refractivity contribution >= 4 is 33.7 Å². The minimum absolute atomic E-state index is 0.0409. The minimum Gasteiger partial charge on any atom is -0.480 e. The van der Waals surface area contributed by atoms with Gasteiger partial charge in [-0.3, -0.25) is 10.1 Å². The Morgan fingerprint density at radius 3 is 2.47 bits per heavy atom. The summed E-state index contributed by atoms with van der Waals surface area (Å²) in [5.74, 6) is -0.790. The van der Waals surface area contributed by atoms with E-state index in [1.54, 1.807) is 11.8 Å². The Morgan fingerprint density at radius 1 is 1.41 bits per heavy atom. The normalized spacial score (nSPS) is 27.0. The maximum absolute atomic E-state index is 11.2. The summed E-state index contributed by atoms with van der Waals surface area (Å²) >= 11 is 5.05. The van der Waals surface area contributed by atoms with Crippen molar-refractivity contribution in [1.29, 1.82) is 0 Å². The van der Waals surface area contributed by atoms with E-state index in [9.17, 15) is 9.90 Å². The van der Waals surface area contributed by atoms with Crippen molar-refractivity contribution in [1.82, 2.24) is 5.32 Å². The van der Waals surface area contributed by atoms with E-state index in [1.807, 2.05) is 38.1 Å². The van der Waals surface area contributed by atoms with E-state index in [1.165, 1.54) is 0 Å². The number of aliphatic carboxylic acids is 1. The molecule has 0 saturated carbocycles. The number of nitrogens with one attached hydrogen (secondary N) is 1. The number of thioether (sulfide) groups is 1. The molecule has 1 fully saturated rings. The fourth-order valence-corrected chi connectivity index (χ4v) is 3.60. The lowest BCUT2D eigenvalue weighted by molar-refractivity contribution is -0.139. The molecule has 92 valence electrons. The number of hydrogen-bond acceptors (Lipinski definition) is 3. The predicted octanol–water partition coefficient (Wildman–Crippen LogP) is 3.02. The van der Waals surface area contributed by atoms with Crippen molar-refractivity contribution < 1.29 is 9.90 Å². The van der Waals surface area contributed by atoms with E-state index < -0.39 is 12.0 Å². The van der Waals surface area contributed by atoms with Crippen LogP contribution in [0.25, 0.3) is 0 Å². The van der Waals surface area contributed by atoms with Crippen LogP contribution < -0.4 is 5.32 Å². The van der Waals surface area contributed by atoms with Crippen molar-refractivity contribution in [2.24, 2.45) is 0 Å². The van der Waals surface area contributed by atoms with Crippen LogP contribution in [0.1, 0.15) is 24.8 Å². The average molecular weight is 316 g/mol. The summed E-state index contributed by atoms with van der Waals surface area (Å²) in [6, 6.07) is 7.45. The lowest BCUT2D eigenvalue weighted by Gasteiger charge is -2.20. The second-order valence-corrected chi connectivity index (χ2v) is 7.27. The zero-order valence-corrected chi connectivity index (χ0v) is 12.0. The van der Waals surface area contributed by atoms with Crippen LogP contribution in [0, 0.1) is 0 Å². The summed E-state index contributed by atoms with van der Waals surface area (Å²) in [7, 11) is 0. The standard InChI is InChI=1S/C12H14BrNO2S/c1-12(2)9(11(15)16)14-10(17-12)7-3-5-8(13)6-4-7/h3-6,9-10,14H,1-2H3,(H,15,16)/t9-,10+/m1/s1.